The quantitative estimate of drug-likeness (QED) is 0.873. The van der Waals surface area contributed by atoms with Crippen molar-refractivity contribution in [3.8, 4) is 0 Å². The molecule has 1 aliphatic rings. The van der Waals surface area contributed by atoms with Crippen LogP contribution in [0.25, 0.3) is 0 Å². The molecule has 1 amide bonds. The molecule has 1 N–H and O–H groups in total. The van der Waals surface area contributed by atoms with Crippen LogP contribution in [0.1, 0.15) is 11.8 Å². The van der Waals surface area contributed by atoms with Crippen molar-refractivity contribution in [3.05, 3.63) is 22.4 Å². The summed E-state index contributed by atoms with van der Waals surface area (Å²) in [4.78, 5) is 13.3. The fourth-order valence-corrected chi connectivity index (χ4v) is 3.55. The Kier molecular flexibility index (Phi) is 4.48. The van der Waals surface area contributed by atoms with Crippen LogP contribution in [0, 0.1) is 0 Å². The highest BCUT2D eigenvalue weighted by Gasteiger charge is 2.41. The van der Waals surface area contributed by atoms with Gasteiger partial charge in [0.15, 0.2) is 5.60 Å². The van der Waals surface area contributed by atoms with E-state index in [0.717, 1.165) is 11.1 Å². The number of morpholine rings is 1. The molecule has 2 heterocycles. The summed E-state index contributed by atoms with van der Waals surface area (Å²) in [5.74, 6) is -0.292. The van der Waals surface area contributed by atoms with Gasteiger partial charge in [0.25, 0.3) is 5.91 Å². The molecular formula is C12H18N2O4S2. The maximum Gasteiger partial charge on any atom is 0.253 e. The topological polar surface area (TPSA) is 75.7 Å². The zero-order valence-electron chi connectivity index (χ0n) is 11.5. The first-order chi connectivity index (χ1) is 9.31. The van der Waals surface area contributed by atoms with E-state index in [-0.39, 0.29) is 25.6 Å². The van der Waals surface area contributed by atoms with Gasteiger partial charge < -0.3 is 10.1 Å². The van der Waals surface area contributed by atoms with Gasteiger partial charge in [-0.2, -0.15) is 4.31 Å². The van der Waals surface area contributed by atoms with E-state index in [9.17, 15) is 13.2 Å². The maximum atomic E-state index is 12.2. The fraction of sp³-hybridized carbons (Fsp3) is 0.583. The molecule has 20 heavy (non-hydrogen) atoms. The Morgan fingerprint density at radius 1 is 1.60 bits per heavy atom. The highest BCUT2D eigenvalue weighted by atomic mass is 32.2. The summed E-state index contributed by atoms with van der Waals surface area (Å²) in [6.45, 7) is 2.59. The van der Waals surface area contributed by atoms with Crippen molar-refractivity contribution in [1.29, 1.82) is 0 Å². The number of amides is 1. The molecule has 1 aliphatic heterocycles. The number of carbonyl (C=O) groups is 1. The monoisotopic (exact) mass is 318 g/mol. The van der Waals surface area contributed by atoms with Gasteiger partial charge in [-0.3, -0.25) is 4.79 Å². The standard InChI is InChI=1S/C12H18N2O4S2/c1-12(9-14(5-6-18-12)20(2,16)17)11(15)13-8-10-4-3-7-19-10/h3-4,7H,5-6,8-9H2,1-2H3,(H,13,15)/t12-/m1/s1. The van der Waals surface area contributed by atoms with E-state index in [1.54, 1.807) is 18.3 Å². The third-order valence-electron chi connectivity index (χ3n) is 3.19. The Bertz CT molecular complexity index is 570. The lowest BCUT2D eigenvalue weighted by molar-refractivity contribution is -0.152. The average Bonchev–Trinajstić information content (AvgIpc) is 2.88. The van der Waals surface area contributed by atoms with E-state index in [4.69, 9.17) is 4.74 Å². The van der Waals surface area contributed by atoms with Crippen LogP contribution in [0.2, 0.25) is 0 Å². The summed E-state index contributed by atoms with van der Waals surface area (Å²) in [7, 11) is -3.31. The van der Waals surface area contributed by atoms with E-state index in [1.807, 2.05) is 17.5 Å². The molecule has 0 aromatic carbocycles. The Morgan fingerprint density at radius 3 is 2.95 bits per heavy atom. The van der Waals surface area contributed by atoms with Gasteiger partial charge in [0, 0.05) is 11.4 Å². The lowest BCUT2D eigenvalue weighted by Gasteiger charge is -2.37. The molecule has 1 aromatic rings. The molecule has 0 aliphatic carbocycles. The second-order valence-electron chi connectivity index (χ2n) is 4.94. The molecule has 0 radical (unpaired) electrons. The first kappa shape index (κ1) is 15.4. The molecule has 0 spiro atoms. The molecule has 6 nitrogen and oxygen atoms in total. The van der Waals surface area contributed by atoms with E-state index in [1.165, 1.54) is 4.31 Å². The van der Waals surface area contributed by atoms with E-state index >= 15 is 0 Å². The molecule has 1 saturated heterocycles. The maximum absolute atomic E-state index is 12.2. The molecule has 2 rings (SSSR count). The predicted molar refractivity (Wildman–Crippen MR) is 76.9 cm³/mol. The third kappa shape index (κ3) is 3.57. The number of nitrogens with one attached hydrogen (secondary N) is 1. The number of sulfonamides is 1. The number of hydrogen-bond donors (Lipinski definition) is 1. The van der Waals surface area contributed by atoms with Crippen molar-refractivity contribution in [2.24, 2.45) is 0 Å². The van der Waals surface area contributed by atoms with E-state index < -0.39 is 15.6 Å². The minimum absolute atomic E-state index is 0.0438. The summed E-state index contributed by atoms with van der Waals surface area (Å²) in [5, 5.41) is 4.73. The smallest absolute Gasteiger partial charge is 0.253 e. The number of rotatable bonds is 4. The van der Waals surface area contributed by atoms with Gasteiger partial charge in [-0.05, 0) is 18.4 Å². The highest BCUT2D eigenvalue weighted by Crippen LogP contribution is 2.20. The molecule has 1 fully saturated rings. The van der Waals surface area contributed by atoms with Gasteiger partial charge in [-0.25, -0.2) is 8.42 Å². The molecule has 1 atom stereocenters. The van der Waals surface area contributed by atoms with Gasteiger partial charge >= 0.3 is 0 Å². The second-order valence-corrected chi connectivity index (χ2v) is 7.95. The van der Waals surface area contributed by atoms with Crippen LogP contribution in [-0.2, 0) is 26.1 Å². The van der Waals surface area contributed by atoms with Crippen LogP contribution in [0.5, 0.6) is 0 Å². The fourth-order valence-electron chi connectivity index (χ4n) is 2.02. The second kappa shape index (κ2) is 5.80. The molecule has 0 bridgehead atoms. The number of hydrogen-bond acceptors (Lipinski definition) is 5. The summed E-state index contributed by atoms with van der Waals surface area (Å²) in [5.41, 5.74) is -1.14. The normalized spacial score (nSPS) is 24.5. The molecule has 1 aromatic heterocycles. The first-order valence-corrected chi connectivity index (χ1v) is 8.94. The van der Waals surface area contributed by atoms with Gasteiger partial charge in [-0.1, -0.05) is 6.07 Å². The molecular weight excluding hydrogens is 300 g/mol. The van der Waals surface area contributed by atoms with Gasteiger partial charge in [0.2, 0.25) is 10.0 Å². The lowest BCUT2D eigenvalue weighted by Crippen LogP contribution is -2.58. The van der Waals surface area contributed by atoms with Crippen molar-refractivity contribution < 1.29 is 17.9 Å². The van der Waals surface area contributed by atoms with Crippen LogP contribution in [-0.4, -0.2) is 50.2 Å². The summed E-state index contributed by atoms with van der Waals surface area (Å²) < 4.78 is 30.0. The van der Waals surface area contributed by atoms with Crippen molar-refractivity contribution in [2.75, 3.05) is 26.0 Å². The van der Waals surface area contributed by atoms with E-state index in [2.05, 4.69) is 5.32 Å². The summed E-state index contributed by atoms with van der Waals surface area (Å²) >= 11 is 1.55. The molecule has 0 unspecified atom stereocenters. The number of nitrogens with zero attached hydrogens (tertiary/aromatic N) is 1. The summed E-state index contributed by atoms with van der Waals surface area (Å²) in [6, 6.07) is 3.84. The van der Waals surface area contributed by atoms with Crippen LogP contribution in [0.3, 0.4) is 0 Å². The molecule has 0 saturated carbocycles. The third-order valence-corrected chi connectivity index (χ3v) is 5.32. The largest absolute Gasteiger partial charge is 0.363 e. The number of ether oxygens (including phenoxy) is 1. The van der Waals surface area contributed by atoms with Crippen LogP contribution in [0.4, 0.5) is 0 Å². The molecule has 8 heteroatoms. The van der Waals surface area contributed by atoms with E-state index in [0.29, 0.717) is 6.54 Å². The summed E-state index contributed by atoms with van der Waals surface area (Å²) in [6.07, 6.45) is 1.14. The number of thiophene rings is 1. The Morgan fingerprint density at radius 2 is 2.35 bits per heavy atom. The first-order valence-electron chi connectivity index (χ1n) is 6.21. The van der Waals surface area contributed by atoms with Crippen molar-refractivity contribution >= 4 is 27.3 Å². The molecule has 112 valence electrons. The van der Waals surface area contributed by atoms with Gasteiger partial charge in [0.05, 0.1) is 26.0 Å². The average molecular weight is 318 g/mol. The predicted octanol–water partition coefficient (Wildman–Crippen LogP) is 0.415. The van der Waals surface area contributed by atoms with Crippen molar-refractivity contribution in [1.82, 2.24) is 9.62 Å². The minimum atomic E-state index is -3.31. The SMILES string of the molecule is C[C@]1(C(=O)NCc2cccs2)CN(S(C)(=O)=O)CCO1. The van der Waals surface area contributed by atoms with Crippen LogP contribution >= 0.6 is 11.3 Å². The lowest BCUT2D eigenvalue weighted by atomic mass is 10.0. The van der Waals surface area contributed by atoms with Gasteiger partial charge in [-0.15, -0.1) is 11.3 Å². The van der Waals surface area contributed by atoms with Crippen molar-refractivity contribution in [3.63, 3.8) is 0 Å². The number of carbonyl (C=O) groups excluding carboxylic acids is 1. The highest BCUT2D eigenvalue weighted by molar-refractivity contribution is 7.88. The Balaban J connectivity index is 2.00. The minimum Gasteiger partial charge on any atom is -0.363 e. The zero-order valence-corrected chi connectivity index (χ0v) is 13.1. The Labute approximate surface area is 122 Å². The van der Waals surface area contributed by atoms with Gasteiger partial charge in [0.1, 0.15) is 0 Å². The van der Waals surface area contributed by atoms with Crippen LogP contribution in [0.15, 0.2) is 17.5 Å². The van der Waals surface area contributed by atoms with Crippen molar-refractivity contribution in [2.45, 2.75) is 19.1 Å². The zero-order chi connectivity index (χ0) is 14.8. The Hall–Kier alpha value is -0.960. The van der Waals surface area contributed by atoms with Crippen LogP contribution < -0.4 is 5.32 Å².